The predicted molar refractivity (Wildman–Crippen MR) is 90.6 cm³/mol. The van der Waals surface area contributed by atoms with E-state index in [-0.39, 0.29) is 12.0 Å². The first-order valence-corrected chi connectivity index (χ1v) is 7.72. The van der Waals surface area contributed by atoms with Crippen molar-refractivity contribution in [1.82, 2.24) is 0 Å². The molecule has 22 heavy (non-hydrogen) atoms. The van der Waals surface area contributed by atoms with Crippen LogP contribution in [0.3, 0.4) is 0 Å². The molecule has 0 atom stereocenters. The second kappa shape index (κ2) is 7.85. The number of ether oxygens (including phenoxy) is 1. The van der Waals surface area contributed by atoms with Gasteiger partial charge >= 0.3 is 0 Å². The molecule has 3 nitrogen and oxygen atoms in total. The minimum Gasteiger partial charge on any atom is -0.491 e. The third kappa shape index (κ3) is 5.08. The number of carbonyl (C=O) groups excluding carboxylic acids is 1. The van der Waals surface area contributed by atoms with Crippen LogP contribution in [0.4, 0.5) is 5.69 Å². The normalized spacial score (nSPS) is 10.5. The number of anilines is 1. The van der Waals surface area contributed by atoms with Crippen LogP contribution in [0.25, 0.3) is 0 Å². The average molecular weight is 318 g/mol. The van der Waals surface area contributed by atoms with Crippen LogP contribution in [0.1, 0.15) is 25.8 Å². The molecule has 0 saturated heterocycles. The lowest BCUT2D eigenvalue weighted by molar-refractivity contribution is -0.116. The summed E-state index contributed by atoms with van der Waals surface area (Å²) < 4.78 is 5.57. The summed E-state index contributed by atoms with van der Waals surface area (Å²) in [6.07, 6.45) is 1.16. The van der Waals surface area contributed by atoms with Gasteiger partial charge in [0.1, 0.15) is 5.75 Å². The smallest absolute Gasteiger partial charge is 0.224 e. The van der Waals surface area contributed by atoms with Crippen LogP contribution in [-0.4, -0.2) is 12.0 Å². The van der Waals surface area contributed by atoms with Gasteiger partial charge in [-0.1, -0.05) is 29.8 Å². The second-order valence-electron chi connectivity index (χ2n) is 5.33. The molecule has 0 spiro atoms. The van der Waals surface area contributed by atoms with Gasteiger partial charge in [-0.2, -0.15) is 0 Å². The number of halogens is 1. The van der Waals surface area contributed by atoms with Crippen LogP contribution in [0.5, 0.6) is 5.75 Å². The highest BCUT2D eigenvalue weighted by molar-refractivity contribution is 6.31. The zero-order valence-corrected chi connectivity index (χ0v) is 13.6. The summed E-state index contributed by atoms with van der Waals surface area (Å²) in [5.74, 6) is 0.765. The second-order valence-corrected chi connectivity index (χ2v) is 5.74. The van der Waals surface area contributed by atoms with Crippen molar-refractivity contribution in [2.75, 3.05) is 5.32 Å². The maximum atomic E-state index is 12.0. The van der Waals surface area contributed by atoms with Gasteiger partial charge in [0, 0.05) is 17.1 Å². The zero-order chi connectivity index (χ0) is 15.9. The van der Waals surface area contributed by atoms with Crippen LogP contribution in [-0.2, 0) is 11.2 Å². The molecule has 0 aliphatic heterocycles. The van der Waals surface area contributed by atoms with Crippen molar-refractivity contribution in [2.45, 2.75) is 32.8 Å². The monoisotopic (exact) mass is 317 g/mol. The Morgan fingerprint density at radius 2 is 1.82 bits per heavy atom. The summed E-state index contributed by atoms with van der Waals surface area (Å²) in [7, 11) is 0. The number of benzene rings is 2. The first-order chi connectivity index (χ1) is 10.5. The van der Waals surface area contributed by atoms with Crippen molar-refractivity contribution in [3.05, 3.63) is 59.1 Å². The molecule has 0 aliphatic rings. The lowest BCUT2D eigenvalue weighted by Crippen LogP contribution is -2.12. The van der Waals surface area contributed by atoms with Crippen LogP contribution < -0.4 is 10.1 Å². The van der Waals surface area contributed by atoms with Gasteiger partial charge in [0.15, 0.2) is 0 Å². The number of aryl methyl sites for hydroxylation is 1. The van der Waals surface area contributed by atoms with E-state index in [9.17, 15) is 4.79 Å². The molecule has 2 aromatic rings. The molecule has 0 aliphatic carbocycles. The van der Waals surface area contributed by atoms with Crippen LogP contribution in [0, 0.1) is 0 Å². The Labute approximate surface area is 136 Å². The first-order valence-electron chi connectivity index (χ1n) is 7.34. The largest absolute Gasteiger partial charge is 0.491 e. The number of nitrogens with one attached hydrogen (secondary N) is 1. The van der Waals surface area contributed by atoms with Crippen molar-refractivity contribution >= 4 is 23.2 Å². The summed E-state index contributed by atoms with van der Waals surface area (Å²) in [4.78, 5) is 12.0. The van der Waals surface area contributed by atoms with Crippen molar-refractivity contribution in [3.63, 3.8) is 0 Å². The molecule has 0 bridgehead atoms. The lowest BCUT2D eigenvalue weighted by Gasteiger charge is -2.10. The molecular weight excluding hydrogens is 298 g/mol. The number of hydrogen-bond donors (Lipinski definition) is 1. The summed E-state index contributed by atoms with van der Waals surface area (Å²) in [5.41, 5.74) is 1.75. The SMILES string of the molecule is CC(C)Oc1ccc(NC(=O)CCc2ccccc2Cl)cc1. The fourth-order valence-corrected chi connectivity index (χ4v) is 2.29. The maximum absolute atomic E-state index is 12.0. The summed E-state index contributed by atoms with van der Waals surface area (Å²) >= 11 is 6.08. The van der Waals surface area contributed by atoms with Gasteiger partial charge in [-0.3, -0.25) is 4.79 Å². The first kappa shape index (κ1) is 16.4. The van der Waals surface area contributed by atoms with E-state index >= 15 is 0 Å². The molecule has 0 aromatic heterocycles. The molecule has 0 unspecified atom stereocenters. The topological polar surface area (TPSA) is 38.3 Å². The van der Waals surface area contributed by atoms with Crippen LogP contribution >= 0.6 is 11.6 Å². The van der Waals surface area contributed by atoms with Gasteiger partial charge < -0.3 is 10.1 Å². The molecule has 1 N–H and O–H groups in total. The van der Waals surface area contributed by atoms with E-state index in [4.69, 9.17) is 16.3 Å². The zero-order valence-electron chi connectivity index (χ0n) is 12.8. The average Bonchev–Trinajstić information content (AvgIpc) is 2.48. The maximum Gasteiger partial charge on any atom is 0.224 e. The van der Waals surface area contributed by atoms with E-state index in [1.54, 1.807) is 0 Å². The van der Waals surface area contributed by atoms with E-state index in [1.165, 1.54) is 0 Å². The third-order valence-corrected chi connectivity index (χ3v) is 3.46. The Kier molecular flexibility index (Phi) is 5.84. The van der Waals surface area contributed by atoms with E-state index in [2.05, 4.69) is 5.32 Å². The molecule has 2 rings (SSSR count). The number of hydrogen-bond acceptors (Lipinski definition) is 2. The van der Waals surface area contributed by atoms with E-state index in [0.29, 0.717) is 17.9 Å². The Hall–Kier alpha value is -2.00. The molecule has 0 radical (unpaired) electrons. The highest BCUT2D eigenvalue weighted by Crippen LogP contribution is 2.19. The van der Waals surface area contributed by atoms with Gasteiger partial charge in [-0.15, -0.1) is 0 Å². The molecule has 0 saturated carbocycles. The van der Waals surface area contributed by atoms with Crippen molar-refractivity contribution in [1.29, 1.82) is 0 Å². The van der Waals surface area contributed by atoms with Crippen molar-refractivity contribution < 1.29 is 9.53 Å². The summed E-state index contributed by atoms with van der Waals surface area (Å²) in [5, 5.41) is 3.57. The lowest BCUT2D eigenvalue weighted by atomic mass is 10.1. The van der Waals surface area contributed by atoms with E-state index in [0.717, 1.165) is 17.0 Å². The highest BCUT2D eigenvalue weighted by Gasteiger charge is 2.06. The quantitative estimate of drug-likeness (QED) is 0.838. The standard InChI is InChI=1S/C18H20ClNO2/c1-13(2)22-16-10-8-15(9-11-16)20-18(21)12-7-14-5-3-4-6-17(14)19/h3-6,8-11,13H,7,12H2,1-2H3,(H,20,21). The number of rotatable bonds is 6. The van der Waals surface area contributed by atoms with Gasteiger partial charge in [0.2, 0.25) is 5.91 Å². The number of carbonyl (C=O) groups is 1. The van der Waals surface area contributed by atoms with Gasteiger partial charge in [0.05, 0.1) is 6.10 Å². The third-order valence-electron chi connectivity index (χ3n) is 3.09. The molecular formula is C18H20ClNO2. The molecule has 4 heteroatoms. The molecule has 1 amide bonds. The Morgan fingerprint density at radius 1 is 1.14 bits per heavy atom. The summed E-state index contributed by atoms with van der Waals surface area (Å²) in [6.45, 7) is 3.95. The van der Waals surface area contributed by atoms with Crippen molar-refractivity contribution in [3.8, 4) is 5.75 Å². The molecule has 0 heterocycles. The van der Waals surface area contributed by atoms with E-state index < -0.39 is 0 Å². The van der Waals surface area contributed by atoms with Gasteiger partial charge in [-0.25, -0.2) is 0 Å². The van der Waals surface area contributed by atoms with Crippen LogP contribution in [0.2, 0.25) is 5.02 Å². The predicted octanol–water partition coefficient (Wildman–Crippen LogP) is 4.70. The molecule has 2 aromatic carbocycles. The minimum absolute atomic E-state index is 0.0301. The number of amides is 1. The Balaban J connectivity index is 1.85. The van der Waals surface area contributed by atoms with Crippen molar-refractivity contribution in [2.24, 2.45) is 0 Å². The summed E-state index contributed by atoms with van der Waals surface area (Å²) in [6, 6.07) is 15.0. The van der Waals surface area contributed by atoms with Gasteiger partial charge in [0.25, 0.3) is 0 Å². The minimum atomic E-state index is -0.0301. The Bertz CT molecular complexity index is 623. The van der Waals surface area contributed by atoms with Crippen LogP contribution in [0.15, 0.2) is 48.5 Å². The molecule has 116 valence electrons. The highest BCUT2D eigenvalue weighted by atomic mass is 35.5. The van der Waals surface area contributed by atoms with Gasteiger partial charge in [-0.05, 0) is 56.2 Å². The molecule has 0 fully saturated rings. The fourth-order valence-electron chi connectivity index (χ4n) is 2.06. The fraction of sp³-hybridized carbons (Fsp3) is 0.278. The Morgan fingerprint density at radius 3 is 2.45 bits per heavy atom. The van der Waals surface area contributed by atoms with E-state index in [1.807, 2.05) is 62.4 Å².